The Hall–Kier alpha value is -0.950. The minimum absolute atomic E-state index is 0.0272. The summed E-state index contributed by atoms with van der Waals surface area (Å²) in [5.41, 5.74) is 0.387. The van der Waals surface area contributed by atoms with Crippen LogP contribution in [0.4, 0.5) is 0 Å². The van der Waals surface area contributed by atoms with Gasteiger partial charge in [0.05, 0.1) is 6.61 Å². The van der Waals surface area contributed by atoms with Gasteiger partial charge in [-0.3, -0.25) is 0 Å². The fraction of sp³-hybridized carbons (Fsp3) is 0.700. The minimum Gasteiger partial charge on any atom is -0.429 e. The zero-order valence-electron chi connectivity index (χ0n) is 9.34. The highest BCUT2D eigenvalue weighted by atomic mass is 16.7. The van der Waals surface area contributed by atoms with Crippen molar-refractivity contribution in [2.24, 2.45) is 0 Å². The molecule has 0 aromatic carbocycles. The van der Waals surface area contributed by atoms with E-state index in [1.807, 2.05) is 6.92 Å². The standard InChI is InChI=1S/C10H16O6/c1-3-14-7(2)15-6-13-5-8-4-9(11)16-10(8)12/h4,7,10,12H,3,5-6H2,1-2H3. The number of rotatable bonds is 7. The molecule has 0 fully saturated rings. The van der Waals surface area contributed by atoms with E-state index >= 15 is 0 Å². The third-order valence-corrected chi connectivity index (χ3v) is 1.90. The second-order valence-electron chi connectivity index (χ2n) is 3.16. The van der Waals surface area contributed by atoms with E-state index in [9.17, 15) is 9.90 Å². The number of carbonyl (C=O) groups is 1. The molecule has 0 bridgehead atoms. The lowest BCUT2D eigenvalue weighted by Crippen LogP contribution is -2.18. The Morgan fingerprint density at radius 2 is 2.31 bits per heavy atom. The molecule has 0 radical (unpaired) electrons. The molecular formula is C10H16O6. The second-order valence-corrected chi connectivity index (χ2v) is 3.16. The van der Waals surface area contributed by atoms with Crippen LogP contribution in [0.1, 0.15) is 13.8 Å². The molecule has 0 aromatic heterocycles. The first-order chi connectivity index (χ1) is 7.63. The minimum atomic E-state index is -1.20. The van der Waals surface area contributed by atoms with Gasteiger partial charge in [-0.15, -0.1) is 0 Å². The Morgan fingerprint density at radius 3 is 2.88 bits per heavy atom. The smallest absolute Gasteiger partial charge is 0.333 e. The number of hydrogen-bond donors (Lipinski definition) is 1. The molecule has 6 heteroatoms. The van der Waals surface area contributed by atoms with Crippen molar-refractivity contribution >= 4 is 5.97 Å². The van der Waals surface area contributed by atoms with Crippen LogP contribution in [0.5, 0.6) is 0 Å². The van der Waals surface area contributed by atoms with E-state index in [2.05, 4.69) is 4.74 Å². The van der Waals surface area contributed by atoms with Gasteiger partial charge >= 0.3 is 5.97 Å². The number of cyclic esters (lactones) is 1. The highest BCUT2D eigenvalue weighted by molar-refractivity contribution is 5.85. The van der Waals surface area contributed by atoms with Crippen LogP contribution >= 0.6 is 0 Å². The van der Waals surface area contributed by atoms with Gasteiger partial charge in [0.2, 0.25) is 6.29 Å². The van der Waals surface area contributed by atoms with E-state index in [1.54, 1.807) is 6.92 Å². The van der Waals surface area contributed by atoms with E-state index < -0.39 is 12.3 Å². The highest BCUT2D eigenvalue weighted by Crippen LogP contribution is 2.13. The SMILES string of the molecule is CCOC(C)OCOCC1=CC(=O)OC1O. The van der Waals surface area contributed by atoms with Gasteiger partial charge < -0.3 is 24.1 Å². The fourth-order valence-electron chi connectivity index (χ4n) is 1.14. The third-order valence-electron chi connectivity index (χ3n) is 1.90. The first kappa shape index (κ1) is 13.1. The molecule has 1 N–H and O–H groups in total. The summed E-state index contributed by atoms with van der Waals surface area (Å²) in [5, 5.41) is 9.20. The van der Waals surface area contributed by atoms with Crippen molar-refractivity contribution in [3.05, 3.63) is 11.6 Å². The van der Waals surface area contributed by atoms with Crippen molar-refractivity contribution in [3.8, 4) is 0 Å². The molecule has 0 aromatic rings. The van der Waals surface area contributed by atoms with Crippen molar-refractivity contribution < 1.29 is 28.8 Å². The van der Waals surface area contributed by atoms with Crippen molar-refractivity contribution in [1.29, 1.82) is 0 Å². The van der Waals surface area contributed by atoms with Crippen molar-refractivity contribution in [1.82, 2.24) is 0 Å². The zero-order valence-corrected chi connectivity index (χ0v) is 9.34. The van der Waals surface area contributed by atoms with Gasteiger partial charge in [0.25, 0.3) is 0 Å². The summed E-state index contributed by atoms with van der Waals surface area (Å²) < 4.78 is 19.8. The summed E-state index contributed by atoms with van der Waals surface area (Å²) in [4.78, 5) is 10.7. The molecule has 2 atom stereocenters. The van der Waals surface area contributed by atoms with Crippen molar-refractivity contribution in [3.63, 3.8) is 0 Å². The summed E-state index contributed by atoms with van der Waals surface area (Å²) >= 11 is 0. The van der Waals surface area contributed by atoms with Gasteiger partial charge in [-0.25, -0.2) is 4.79 Å². The first-order valence-electron chi connectivity index (χ1n) is 5.03. The zero-order chi connectivity index (χ0) is 12.0. The van der Waals surface area contributed by atoms with E-state index in [0.717, 1.165) is 0 Å². The van der Waals surface area contributed by atoms with Crippen LogP contribution in [-0.4, -0.2) is 43.7 Å². The molecule has 2 unspecified atom stereocenters. The molecule has 0 amide bonds. The predicted molar refractivity (Wildman–Crippen MR) is 53.2 cm³/mol. The largest absolute Gasteiger partial charge is 0.429 e. The summed E-state index contributed by atoms with van der Waals surface area (Å²) in [6, 6.07) is 0. The van der Waals surface area contributed by atoms with Crippen molar-refractivity contribution in [2.75, 3.05) is 20.0 Å². The normalized spacial score (nSPS) is 21.8. The average molecular weight is 232 g/mol. The van der Waals surface area contributed by atoms with Crippen LogP contribution in [0.25, 0.3) is 0 Å². The summed E-state index contributed by atoms with van der Waals surface area (Å²) in [6.07, 6.45) is -0.335. The Kier molecular flexibility index (Phi) is 5.41. The molecule has 92 valence electrons. The molecule has 0 saturated heterocycles. The monoisotopic (exact) mass is 232 g/mol. The number of aliphatic hydroxyl groups excluding tert-OH is 1. The maximum absolute atomic E-state index is 10.7. The summed E-state index contributed by atoms with van der Waals surface area (Å²) in [5.74, 6) is -0.560. The van der Waals surface area contributed by atoms with Gasteiger partial charge in [0.1, 0.15) is 6.79 Å². The lowest BCUT2D eigenvalue weighted by molar-refractivity contribution is -0.183. The van der Waals surface area contributed by atoms with E-state index in [1.165, 1.54) is 6.08 Å². The van der Waals surface area contributed by atoms with Gasteiger partial charge in [-0.1, -0.05) is 0 Å². The molecular weight excluding hydrogens is 216 g/mol. The molecule has 1 heterocycles. The first-order valence-corrected chi connectivity index (χ1v) is 5.03. The molecule has 1 aliphatic heterocycles. The Bertz CT molecular complexity index is 262. The molecule has 0 spiro atoms. The summed E-state index contributed by atoms with van der Waals surface area (Å²) in [7, 11) is 0. The predicted octanol–water partition coefficient (Wildman–Crippen LogP) is 0.161. The lowest BCUT2D eigenvalue weighted by Gasteiger charge is -2.13. The van der Waals surface area contributed by atoms with Gasteiger partial charge in [0, 0.05) is 18.3 Å². The Morgan fingerprint density at radius 1 is 1.56 bits per heavy atom. The van der Waals surface area contributed by atoms with Crippen LogP contribution < -0.4 is 0 Å². The Balaban J connectivity index is 2.12. The van der Waals surface area contributed by atoms with Gasteiger partial charge in [-0.2, -0.15) is 0 Å². The van der Waals surface area contributed by atoms with Gasteiger partial charge in [0.15, 0.2) is 6.29 Å². The quantitative estimate of drug-likeness (QED) is 0.383. The number of carbonyl (C=O) groups excluding carboxylic acids is 1. The van der Waals surface area contributed by atoms with Gasteiger partial charge in [-0.05, 0) is 13.8 Å². The maximum atomic E-state index is 10.7. The number of esters is 1. The van der Waals surface area contributed by atoms with Crippen LogP contribution in [0, 0.1) is 0 Å². The maximum Gasteiger partial charge on any atom is 0.333 e. The molecule has 1 aliphatic rings. The lowest BCUT2D eigenvalue weighted by atomic mass is 10.3. The average Bonchev–Trinajstić information content (AvgIpc) is 2.53. The second kappa shape index (κ2) is 6.59. The highest BCUT2D eigenvalue weighted by Gasteiger charge is 2.23. The number of ether oxygens (including phenoxy) is 4. The summed E-state index contributed by atoms with van der Waals surface area (Å²) in [6.45, 7) is 4.30. The number of hydrogen-bond acceptors (Lipinski definition) is 6. The van der Waals surface area contributed by atoms with E-state index in [-0.39, 0.29) is 19.7 Å². The van der Waals surface area contributed by atoms with Crippen LogP contribution in [0.3, 0.4) is 0 Å². The van der Waals surface area contributed by atoms with E-state index in [0.29, 0.717) is 12.2 Å². The topological polar surface area (TPSA) is 74.2 Å². The molecule has 6 nitrogen and oxygen atoms in total. The van der Waals surface area contributed by atoms with Crippen LogP contribution in [0.2, 0.25) is 0 Å². The third kappa shape index (κ3) is 4.28. The van der Waals surface area contributed by atoms with Crippen molar-refractivity contribution in [2.45, 2.75) is 26.4 Å². The van der Waals surface area contributed by atoms with E-state index in [4.69, 9.17) is 14.2 Å². The molecule has 1 rings (SSSR count). The van der Waals surface area contributed by atoms with Crippen LogP contribution in [0.15, 0.2) is 11.6 Å². The van der Waals surface area contributed by atoms with Crippen LogP contribution in [-0.2, 0) is 23.7 Å². The molecule has 16 heavy (non-hydrogen) atoms. The molecule has 0 saturated carbocycles. The number of aliphatic hydroxyl groups is 1. The fourth-order valence-corrected chi connectivity index (χ4v) is 1.14. The molecule has 0 aliphatic carbocycles. The Labute approximate surface area is 93.7 Å².